The van der Waals surface area contributed by atoms with Gasteiger partial charge in [-0.1, -0.05) is 13.8 Å². The van der Waals surface area contributed by atoms with Gasteiger partial charge in [0, 0.05) is 25.8 Å². The second-order valence-electron chi connectivity index (χ2n) is 9.61. The first-order valence-electron chi connectivity index (χ1n) is 13.5. The van der Waals surface area contributed by atoms with E-state index in [0.29, 0.717) is 32.1 Å². The minimum Gasteiger partial charge on any atom is -0.474 e. The lowest BCUT2D eigenvalue weighted by molar-refractivity contribution is -0.137. The molecule has 1 unspecified atom stereocenters. The smallest absolute Gasteiger partial charge is 0.417 e. The number of nitrogens with two attached hydrogens (primary N) is 1. The summed E-state index contributed by atoms with van der Waals surface area (Å²) >= 11 is 0. The summed E-state index contributed by atoms with van der Waals surface area (Å²) in [6.07, 6.45) is -5.14. The number of nitrogen functional groups attached to an aromatic ring is 1. The van der Waals surface area contributed by atoms with Gasteiger partial charge in [0.05, 0.1) is 30.4 Å². The predicted octanol–water partition coefficient (Wildman–Crippen LogP) is 5.14. The molecule has 2 aliphatic heterocycles. The Labute approximate surface area is 243 Å². The average molecular weight is 622 g/mol. The van der Waals surface area contributed by atoms with Crippen LogP contribution in [0.3, 0.4) is 0 Å². The molecule has 2 aliphatic rings. The first-order chi connectivity index (χ1) is 20.3. The lowest BCUT2D eigenvalue weighted by Gasteiger charge is -2.38. The highest BCUT2D eigenvalue weighted by molar-refractivity contribution is 5.97. The number of nitrogens with one attached hydrogen (secondary N) is 2. The Morgan fingerprint density at radius 2 is 1.70 bits per heavy atom. The summed E-state index contributed by atoms with van der Waals surface area (Å²) in [5.41, 5.74) is 0.561. The molecule has 1 atom stereocenters. The summed E-state index contributed by atoms with van der Waals surface area (Å²) < 4.78 is 106. The minimum absolute atomic E-state index is 0.0138. The molecule has 9 nitrogen and oxygen atoms in total. The number of aromatic nitrogens is 3. The van der Waals surface area contributed by atoms with Crippen molar-refractivity contribution in [2.75, 3.05) is 55.8 Å². The Morgan fingerprint density at radius 1 is 1.05 bits per heavy atom. The number of aliphatic hydroxyl groups excluding tert-OH is 1. The van der Waals surface area contributed by atoms with Crippen molar-refractivity contribution in [3.05, 3.63) is 28.8 Å². The zero-order valence-electron chi connectivity index (χ0n) is 24.3. The van der Waals surface area contributed by atoms with Crippen LogP contribution < -0.4 is 26.0 Å². The van der Waals surface area contributed by atoms with Gasteiger partial charge in [-0.15, -0.1) is 0 Å². The van der Waals surface area contributed by atoms with Crippen LogP contribution >= 0.6 is 0 Å². The number of pyridine rings is 1. The Balaban J connectivity index is 0.00000121. The lowest BCUT2D eigenvalue weighted by Crippen LogP contribution is -2.57. The van der Waals surface area contributed by atoms with E-state index >= 15 is 4.39 Å². The summed E-state index contributed by atoms with van der Waals surface area (Å²) in [5.74, 6) is -6.09. The molecule has 238 valence electrons. The molecule has 5 rings (SSSR count). The highest BCUT2D eigenvalue weighted by atomic mass is 19.4. The zero-order valence-corrected chi connectivity index (χ0v) is 24.3. The van der Waals surface area contributed by atoms with Crippen LogP contribution in [-0.2, 0) is 6.18 Å². The van der Waals surface area contributed by atoms with Crippen molar-refractivity contribution in [3.63, 3.8) is 0 Å². The number of anilines is 3. The monoisotopic (exact) mass is 621 g/mol. The van der Waals surface area contributed by atoms with Gasteiger partial charge in [-0.05, 0) is 38.4 Å². The van der Waals surface area contributed by atoms with Crippen molar-refractivity contribution in [1.29, 1.82) is 0 Å². The standard InChI is InChI=1S/C24H24F7N7O.C2H6.CH4O/c1-10-3-4-33-5-6-34-20-14-19(36-22(37-20)38-8-23(27,28)9-38)17(26)18(35-21(14)39-10)12-7-13(32)16(25)11(2)15(12)24(29,30)31;2*1-2/h7,10,33H,3-6,8-9,32H2,1-2H3,(H,34,36,37);1-2H3;2H,1H3. The molecule has 1 saturated heterocycles. The van der Waals surface area contributed by atoms with E-state index in [9.17, 15) is 26.3 Å². The van der Waals surface area contributed by atoms with Gasteiger partial charge in [0.15, 0.2) is 5.82 Å². The Morgan fingerprint density at radius 3 is 2.30 bits per heavy atom. The molecule has 0 amide bonds. The van der Waals surface area contributed by atoms with Crippen LogP contribution in [0.1, 0.15) is 38.3 Å². The lowest BCUT2D eigenvalue weighted by atomic mass is 9.96. The van der Waals surface area contributed by atoms with E-state index in [2.05, 4.69) is 25.6 Å². The van der Waals surface area contributed by atoms with Gasteiger partial charge < -0.3 is 31.1 Å². The summed E-state index contributed by atoms with van der Waals surface area (Å²) in [6.45, 7) is 6.44. The zero-order chi connectivity index (χ0) is 32.3. The maximum atomic E-state index is 16.2. The average Bonchev–Trinajstić information content (AvgIpc) is 2.97. The fourth-order valence-corrected chi connectivity index (χ4v) is 4.64. The first-order valence-corrected chi connectivity index (χ1v) is 13.5. The summed E-state index contributed by atoms with van der Waals surface area (Å²) in [4.78, 5) is 13.7. The number of benzene rings is 1. The van der Waals surface area contributed by atoms with Gasteiger partial charge in [-0.25, -0.2) is 27.5 Å². The van der Waals surface area contributed by atoms with Crippen molar-refractivity contribution in [2.45, 2.75) is 52.3 Å². The minimum atomic E-state index is -5.09. The predicted molar refractivity (Wildman–Crippen MR) is 150 cm³/mol. The second-order valence-corrected chi connectivity index (χ2v) is 9.61. The van der Waals surface area contributed by atoms with Gasteiger partial charge in [-0.3, -0.25) is 0 Å². The molecule has 4 heterocycles. The Hall–Kier alpha value is -3.66. The number of alkyl halides is 5. The molecule has 0 radical (unpaired) electrons. The number of ether oxygens (including phenoxy) is 1. The van der Waals surface area contributed by atoms with Gasteiger partial charge in [-0.2, -0.15) is 18.2 Å². The van der Waals surface area contributed by atoms with Crippen molar-refractivity contribution in [1.82, 2.24) is 20.3 Å². The third-order valence-electron chi connectivity index (χ3n) is 6.57. The quantitative estimate of drug-likeness (QED) is 0.228. The maximum absolute atomic E-state index is 16.2. The number of nitrogens with zero attached hydrogens (tertiary/aromatic N) is 4. The molecule has 5 N–H and O–H groups in total. The van der Waals surface area contributed by atoms with Gasteiger partial charge in [0.25, 0.3) is 5.92 Å². The molecule has 0 aliphatic carbocycles. The van der Waals surface area contributed by atoms with E-state index in [4.69, 9.17) is 15.6 Å². The summed E-state index contributed by atoms with van der Waals surface area (Å²) in [5, 5.41) is 13.1. The van der Waals surface area contributed by atoms with Crippen molar-refractivity contribution in [3.8, 4) is 17.1 Å². The first kappa shape index (κ1) is 33.8. The van der Waals surface area contributed by atoms with Crippen LogP contribution in [0.2, 0.25) is 0 Å². The molecule has 43 heavy (non-hydrogen) atoms. The van der Waals surface area contributed by atoms with Crippen LogP contribution in [-0.4, -0.2) is 71.9 Å². The number of hydrogen-bond acceptors (Lipinski definition) is 9. The topological polar surface area (TPSA) is 121 Å². The Bertz CT molecular complexity index is 1450. The molecular weight excluding hydrogens is 587 g/mol. The summed E-state index contributed by atoms with van der Waals surface area (Å²) in [6, 6.07) is 0.658. The molecule has 1 aromatic carbocycles. The molecule has 0 saturated carbocycles. The van der Waals surface area contributed by atoms with Crippen LogP contribution in [0, 0.1) is 18.6 Å². The molecule has 0 spiro atoms. The normalized spacial score (nSPS) is 18.1. The number of hydrogen-bond donors (Lipinski definition) is 4. The molecular formula is C27H34F7N7O2. The van der Waals surface area contributed by atoms with Crippen LogP contribution in [0.5, 0.6) is 5.88 Å². The van der Waals surface area contributed by atoms with E-state index in [1.165, 1.54) is 0 Å². The van der Waals surface area contributed by atoms with E-state index in [-0.39, 0.29) is 23.0 Å². The van der Waals surface area contributed by atoms with Crippen LogP contribution in [0.4, 0.5) is 48.2 Å². The SMILES string of the molecule is CC.CO.Cc1c(F)c(N)cc(-c2nc3c4c(nc(N5CC(F)(F)C5)nc4c2F)NCCNCCC(C)O3)c1C(F)(F)F. The third-order valence-corrected chi connectivity index (χ3v) is 6.57. The fourth-order valence-electron chi connectivity index (χ4n) is 4.64. The number of rotatable bonds is 2. The van der Waals surface area contributed by atoms with Crippen molar-refractivity contribution < 1.29 is 40.6 Å². The maximum Gasteiger partial charge on any atom is 0.417 e. The van der Waals surface area contributed by atoms with Gasteiger partial charge >= 0.3 is 6.18 Å². The molecule has 16 heteroatoms. The second kappa shape index (κ2) is 13.3. The number of aliphatic hydroxyl groups is 1. The van der Waals surface area contributed by atoms with Crippen molar-refractivity contribution >= 4 is 28.4 Å². The van der Waals surface area contributed by atoms with Gasteiger partial charge in [0.1, 0.15) is 28.2 Å². The highest BCUT2D eigenvalue weighted by Gasteiger charge is 2.46. The van der Waals surface area contributed by atoms with E-state index < -0.39 is 76.5 Å². The van der Waals surface area contributed by atoms with Crippen LogP contribution in [0.25, 0.3) is 22.2 Å². The number of halogens is 7. The van der Waals surface area contributed by atoms with E-state index in [0.717, 1.165) is 18.9 Å². The third kappa shape index (κ3) is 6.95. The molecule has 3 aromatic rings. The molecule has 0 bridgehead atoms. The van der Waals surface area contributed by atoms with Crippen LogP contribution in [0.15, 0.2) is 6.07 Å². The Kier molecular flexibility index (Phi) is 10.5. The van der Waals surface area contributed by atoms with Crippen molar-refractivity contribution in [2.24, 2.45) is 0 Å². The van der Waals surface area contributed by atoms with E-state index in [1.807, 2.05) is 13.8 Å². The molecule has 2 aromatic heterocycles. The van der Waals surface area contributed by atoms with Gasteiger partial charge in [0.2, 0.25) is 11.8 Å². The molecule has 1 fully saturated rings. The largest absolute Gasteiger partial charge is 0.474 e. The fraction of sp³-hybridized carbons (Fsp3) is 0.519. The van der Waals surface area contributed by atoms with E-state index in [1.54, 1.807) is 6.92 Å². The summed E-state index contributed by atoms with van der Waals surface area (Å²) in [7, 11) is 1.00. The highest BCUT2D eigenvalue weighted by Crippen LogP contribution is 2.45.